The van der Waals surface area contributed by atoms with Crippen molar-refractivity contribution in [2.45, 2.75) is 32.0 Å². The van der Waals surface area contributed by atoms with Crippen molar-refractivity contribution in [1.29, 1.82) is 0 Å². The van der Waals surface area contributed by atoms with Gasteiger partial charge >= 0.3 is 0 Å². The number of rotatable bonds is 3. The van der Waals surface area contributed by atoms with Gasteiger partial charge in [-0.15, -0.1) is 0 Å². The Bertz CT molecular complexity index is 545. The number of nitrogens with zero attached hydrogens (tertiary/aromatic N) is 1. The van der Waals surface area contributed by atoms with Gasteiger partial charge in [-0.3, -0.25) is 19.8 Å². The van der Waals surface area contributed by atoms with Crippen LogP contribution in [0, 0.1) is 0 Å². The topological polar surface area (TPSA) is 61.4 Å². The molecule has 0 aromatic heterocycles. The van der Waals surface area contributed by atoms with Crippen LogP contribution in [0.3, 0.4) is 0 Å². The lowest BCUT2D eigenvalue weighted by Gasteiger charge is -2.39. The van der Waals surface area contributed by atoms with Crippen LogP contribution in [0.4, 0.5) is 0 Å². The number of Topliss-reactive ketones (excluding diaryl/α,β-unsaturated/α-hetero) is 1. The number of hydrogen-bond acceptors (Lipinski definition) is 4. The van der Waals surface area contributed by atoms with E-state index < -0.39 is 0 Å². The molecule has 1 aromatic carbocycles. The molecule has 0 bridgehead atoms. The SMILES string of the molecule is CC(=O)c1ccc(CN2CCC3(CC2)NCC(=O)N3)cc1. The highest BCUT2D eigenvalue weighted by molar-refractivity contribution is 5.94. The third kappa shape index (κ3) is 3.14. The highest BCUT2D eigenvalue weighted by Crippen LogP contribution is 2.23. The molecule has 0 aliphatic carbocycles. The fraction of sp³-hybridized carbons (Fsp3) is 0.500. The minimum Gasteiger partial charge on any atom is -0.337 e. The van der Waals surface area contributed by atoms with Crippen LogP contribution in [0.25, 0.3) is 0 Å². The van der Waals surface area contributed by atoms with Crippen LogP contribution in [0.2, 0.25) is 0 Å². The molecule has 2 aliphatic rings. The number of carbonyl (C=O) groups is 2. The smallest absolute Gasteiger partial charge is 0.235 e. The van der Waals surface area contributed by atoms with Crippen LogP contribution in [0.1, 0.15) is 35.7 Å². The zero-order valence-electron chi connectivity index (χ0n) is 12.3. The van der Waals surface area contributed by atoms with Crippen molar-refractivity contribution < 1.29 is 9.59 Å². The van der Waals surface area contributed by atoms with Crippen LogP contribution < -0.4 is 10.6 Å². The maximum absolute atomic E-state index is 11.4. The largest absolute Gasteiger partial charge is 0.337 e. The lowest BCUT2D eigenvalue weighted by Crippen LogP contribution is -2.56. The molecule has 0 unspecified atom stereocenters. The number of ketones is 1. The summed E-state index contributed by atoms with van der Waals surface area (Å²) in [4.78, 5) is 25.0. The summed E-state index contributed by atoms with van der Waals surface area (Å²) in [7, 11) is 0. The van der Waals surface area contributed by atoms with Crippen molar-refractivity contribution in [3.05, 3.63) is 35.4 Å². The van der Waals surface area contributed by atoms with Gasteiger partial charge in [-0.25, -0.2) is 0 Å². The predicted octanol–water partition coefficient (Wildman–Crippen LogP) is 0.901. The van der Waals surface area contributed by atoms with Gasteiger partial charge in [0.15, 0.2) is 5.78 Å². The standard InChI is InChI=1S/C16H21N3O2/c1-12(20)14-4-2-13(3-5-14)11-19-8-6-16(7-9-19)17-10-15(21)18-16/h2-5,17H,6-11H2,1H3,(H,18,21). The average Bonchev–Trinajstić information content (AvgIpc) is 2.83. The highest BCUT2D eigenvalue weighted by atomic mass is 16.2. The number of nitrogens with one attached hydrogen (secondary N) is 2. The van der Waals surface area contributed by atoms with Crippen LogP contribution in [-0.4, -0.2) is 41.9 Å². The number of carbonyl (C=O) groups excluding carboxylic acids is 2. The van der Waals surface area contributed by atoms with E-state index in [0.717, 1.165) is 38.0 Å². The van der Waals surface area contributed by atoms with Gasteiger partial charge in [-0.05, 0) is 25.3 Å². The summed E-state index contributed by atoms with van der Waals surface area (Å²) in [6, 6.07) is 7.83. The molecule has 2 fully saturated rings. The Morgan fingerprint density at radius 2 is 1.90 bits per heavy atom. The van der Waals surface area contributed by atoms with E-state index in [4.69, 9.17) is 0 Å². The van der Waals surface area contributed by atoms with Gasteiger partial charge in [-0.1, -0.05) is 24.3 Å². The van der Waals surface area contributed by atoms with E-state index in [-0.39, 0.29) is 17.4 Å². The Morgan fingerprint density at radius 1 is 1.24 bits per heavy atom. The molecule has 2 aliphatic heterocycles. The van der Waals surface area contributed by atoms with Crippen molar-refractivity contribution in [2.24, 2.45) is 0 Å². The Kier molecular flexibility index (Phi) is 3.78. The molecule has 0 saturated carbocycles. The summed E-state index contributed by atoms with van der Waals surface area (Å²) in [6.45, 7) is 4.83. The zero-order valence-corrected chi connectivity index (χ0v) is 12.3. The monoisotopic (exact) mass is 287 g/mol. The number of amides is 1. The van der Waals surface area contributed by atoms with Crippen LogP contribution in [0.5, 0.6) is 0 Å². The Morgan fingerprint density at radius 3 is 2.43 bits per heavy atom. The van der Waals surface area contributed by atoms with Crippen molar-refractivity contribution in [1.82, 2.24) is 15.5 Å². The maximum atomic E-state index is 11.4. The second kappa shape index (κ2) is 5.58. The number of benzene rings is 1. The molecule has 1 amide bonds. The molecule has 3 rings (SSSR count). The minimum absolute atomic E-state index is 0.100. The summed E-state index contributed by atoms with van der Waals surface area (Å²) in [5.41, 5.74) is 1.81. The van der Waals surface area contributed by atoms with E-state index in [1.165, 1.54) is 5.56 Å². The van der Waals surface area contributed by atoms with Gasteiger partial charge in [0.1, 0.15) is 0 Å². The number of piperidine rings is 1. The molecule has 1 aromatic rings. The molecule has 112 valence electrons. The summed E-state index contributed by atoms with van der Waals surface area (Å²) >= 11 is 0. The fourth-order valence-corrected chi connectivity index (χ4v) is 3.10. The van der Waals surface area contributed by atoms with E-state index in [0.29, 0.717) is 6.54 Å². The third-order valence-corrected chi connectivity index (χ3v) is 4.44. The fourth-order valence-electron chi connectivity index (χ4n) is 3.10. The van der Waals surface area contributed by atoms with Crippen molar-refractivity contribution in [2.75, 3.05) is 19.6 Å². The van der Waals surface area contributed by atoms with Gasteiger partial charge in [0, 0.05) is 25.2 Å². The lowest BCUT2D eigenvalue weighted by atomic mass is 9.97. The molecule has 5 heteroatoms. The number of hydrogen-bond donors (Lipinski definition) is 2. The molecular weight excluding hydrogens is 266 g/mol. The molecule has 21 heavy (non-hydrogen) atoms. The van der Waals surface area contributed by atoms with Crippen LogP contribution in [0.15, 0.2) is 24.3 Å². The highest BCUT2D eigenvalue weighted by Gasteiger charge is 2.39. The first kappa shape index (κ1) is 14.2. The first-order valence-electron chi connectivity index (χ1n) is 7.45. The van der Waals surface area contributed by atoms with Gasteiger partial charge in [0.25, 0.3) is 0 Å². The van der Waals surface area contributed by atoms with E-state index in [9.17, 15) is 9.59 Å². The molecular formula is C16H21N3O2. The first-order chi connectivity index (χ1) is 10.1. The molecule has 0 atom stereocenters. The molecule has 0 radical (unpaired) electrons. The molecule has 2 heterocycles. The summed E-state index contributed by atoms with van der Waals surface area (Å²) in [6.07, 6.45) is 1.87. The first-order valence-corrected chi connectivity index (χ1v) is 7.45. The van der Waals surface area contributed by atoms with Crippen molar-refractivity contribution >= 4 is 11.7 Å². The second-order valence-corrected chi connectivity index (χ2v) is 6.01. The Balaban J connectivity index is 1.55. The average molecular weight is 287 g/mol. The molecule has 5 nitrogen and oxygen atoms in total. The second-order valence-electron chi connectivity index (χ2n) is 6.01. The van der Waals surface area contributed by atoms with Crippen molar-refractivity contribution in [3.63, 3.8) is 0 Å². The van der Waals surface area contributed by atoms with E-state index >= 15 is 0 Å². The summed E-state index contributed by atoms with van der Waals surface area (Å²) in [5.74, 6) is 0.202. The lowest BCUT2D eigenvalue weighted by molar-refractivity contribution is -0.119. The quantitative estimate of drug-likeness (QED) is 0.811. The zero-order chi connectivity index (χ0) is 14.9. The summed E-state index contributed by atoms with van der Waals surface area (Å²) < 4.78 is 0. The van der Waals surface area contributed by atoms with Crippen LogP contribution >= 0.6 is 0 Å². The van der Waals surface area contributed by atoms with E-state index in [1.807, 2.05) is 24.3 Å². The van der Waals surface area contributed by atoms with E-state index in [1.54, 1.807) is 6.92 Å². The van der Waals surface area contributed by atoms with Gasteiger partial charge in [-0.2, -0.15) is 0 Å². The molecule has 2 N–H and O–H groups in total. The van der Waals surface area contributed by atoms with E-state index in [2.05, 4.69) is 15.5 Å². The van der Waals surface area contributed by atoms with Gasteiger partial charge in [0.05, 0.1) is 12.2 Å². The maximum Gasteiger partial charge on any atom is 0.235 e. The Hall–Kier alpha value is -1.72. The van der Waals surface area contributed by atoms with Gasteiger partial charge < -0.3 is 5.32 Å². The predicted molar refractivity (Wildman–Crippen MR) is 79.8 cm³/mol. The normalized spacial score (nSPS) is 21.5. The number of likely N-dealkylation sites (tertiary alicyclic amines) is 1. The Labute approximate surface area is 124 Å². The van der Waals surface area contributed by atoms with Crippen LogP contribution in [-0.2, 0) is 11.3 Å². The third-order valence-electron chi connectivity index (χ3n) is 4.44. The van der Waals surface area contributed by atoms with Gasteiger partial charge in [0.2, 0.25) is 5.91 Å². The minimum atomic E-state index is -0.175. The summed E-state index contributed by atoms with van der Waals surface area (Å²) in [5, 5.41) is 6.36. The van der Waals surface area contributed by atoms with Crippen molar-refractivity contribution in [3.8, 4) is 0 Å². The molecule has 1 spiro atoms. The molecule has 2 saturated heterocycles.